The third-order valence-corrected chi connectivity index (χ3v) is 2.94. The van der Waals surface area contributed by atoms with Gasteiger partial charge in [0.25, 0.3) is 0 Å². The zero-order valence-corrected chi connectivity index (χ0v) is 12.4. The van der Waals surface area contributed by atoms with Crippen molar-refractivity contribution < 1.29 is 0 Å². The molecule has 0 atom stereocenters. The third kappa shape index (κ3) is 2.98. The Labute approximate surface area is 115 Å². The third-order valence-electron chi connectivity index (χ3n) is 2.94. The molecule has 102 valence electrons. The molecule has 2 aromatic rings. The van der Waals surface area contributed by atoms with Crippen LogP contribution in [0.2, 0.25) is 0 Å². The lowest BCUT2D eigenvalue weighted by Gasteiger charge is -2.16. The Balaban J connectivity index is 2.56. The van der Waals surface area contributed by atoms with Gasteiger partial charge < -0.3 is 5.32 Å². The molecular weight excluding hydrogens is 234 g/mol. The summed E-state index contributed by atoms with van der Waals surface area (Å²) in [6, 6.07) is 9.07. The SMILES string of the molecule is Cc1cn(C(=NC(C)C)NC(C)C)c2ccccc12. The second-order valence-corrected chi connectivity index (χ2v) is 5.54. The second-order valence-electron chi connectivity index (χ2n) is 5.54. The zero-order valence-electron chi connectivity index (χ0n) is 12.4. The van der Waals surface area contributed by atoms with Crippen LogP contribution in [0.3, 0.4) is 0 Å². The van der Waals surface area contributed by atoms with Crippen molar-refractivity contribution in [3.05, 3.63) is 36.0 Å². The van der Waals surface area contributed by atoms with Gasteiger partial charge in [0.15, 0.2) is 0 Å². The maximum Gasteiger partial charge on any atom is 0.203 e. The number of aryl methyl sites for hydroxylation is 1. The van der Waals surface area contributed by atoms with E-state index in [0.29, 0.717) is 6.04 Å². The van der Waals surface area contributed by atoms with E-state index in [4.69, 9.17) is 4.99 Å². The number of hydrogen-bond acceptors (Lipinski definition) is 1. The predicted octanol–water partition coefficient (Wildman–Crippen LogP) is 3.56. The number of aliphatic imine (C=N–C) groups is 1. The van der Waals surface area contributed by atoms with Crippen LogP contribution in [0.4, 0.5) is 0 Å². The Bertz CT molecular complexity index is 591. The van der Waals surface area contributed by atoms with Crippen LogP contribution >= 0.6 is 0 Å². The highest BCUT2D eigenvalue weighted by Gasteiger charge is 2.11. The summed E-state index contributed by atoms with van der Waals surface area (Å²) in [5.41, 5.74) is 2.48. The average molecular weight is 257 g/mol. The number of benzene rings is 1. The molecule has 0 amide bonds. The van der Waals surface area contributed by atoms with E-state index >= 15 is 0 Å². The predicted molar refractivity (Wildman–Crippen MR) is 82.9 cm³/mol. The molecule has 19 heavy (non-hydrogen) atoms. The van der Waals surface area contributed by atoms with E-state index in [0.717, 1.165) is 5.96 Å². The number of hydrogen-bond donors (Lipinski definition) is 1. The monoisotopic (exact) mass is 257 g/mol. The molecule has 3 nitrogen and oxygen atoms in total. The van der Waals surface area contributed by atoms with E-state index in [-0.39, 0.29) is 6.04 Å². The van der Waals surface area contributed by atoms with Crippen LogP contribution in [0.25, 0.3) is 10.9 Å². The molecule has 0 saturated carbocycles. The normalized spacial score (nSPS) is 12.7. The van der Waals surface area contributed by atoms with Crippen molar-refractivity contribution in [1.82, 2.24) is 9.88 Å². The Morgan fingerprint density at radius 1 is 1.16 bits per heavy atom. The van der Waals surface area contributed by atoms with E-state index in [9.17, 15) is 0 Å². The van der Waals surface area contributed by atoms with Gasteiger partial charge in [0.2, 0.25) is 5.96 Å². The van der Waals surface area contributed by atoms with Crippen LogP contribution < -0.4 is 5.32 Å². The molecule has 0 bridgehead atoms. The average Bonchev–Trinajstić information content (AvgIpc) is 2.66. The first-order valence-corrected chi connectivity index (χ1v) is 6.90. The fourth-order valence-corrected chi connectivity index (χ4v) is 2.20. The summed E-state index contributed by atoms with van der Waals surface area (Å²) >= 11 is 0. The van der Waals surface area contributed by atoms with Crippen molar-refractivity contribution in [1.29, 1.82) is 0 Å². The highest BCUT2D eigenvalue weighted by atomic mass is 15.2. The standard InChI is InChI=1S/C16H23N3/c1-11(2)17-16(18-12(3)4)19-10-13(5)14-8-6-7-9-15(14)19/h6-12H,1-5H3,(H,17,18). The fraction of sp³-hybridized carbons (Fsp3) is 0.438. The van der Waals surface area contributed by atoms with Crippen LogP contribution in [-0.4, -0.2) is 22.6 Å². The van der Waals surface area contributed by atoms with Crippen LogP contribution in [-0.2, 0) is 0 Å². The maximum absolute atomic E-state index is 4.72. The van der Waals surface area contributed by atoms with Gasteiger partial charge in [-0.2, -0.15) is 0 Å². The minimum Gasteiger partial charge on any atom is -0.353 e. The van der Waals surface area contributed by atoms with Gasteiger partial charge in [-0.15, -0.1) is 0 Å². The van der Waals surface area contributed by atoms with E-state index in [2.05, 4.69) is 75.0 Å². The van der Waals surface area contributed by atoms with E-state index in [1.54, 1.807) is 0 Å². The molecule has 2 rings (SSSR count). The van der Waals surface area contributed by atoms with Gasteiger partial charge in [0.1, 0.15) is 0 Å². The number of nitrogens with one attached hydrogen (secondary N) is 1. The molecule has 0 saturated heterocycles. The van der Waals surface area contributed by atoms with Crippen molar-refractivity contribution in [2.45, 2.75) is 46.7 Å². The molecule has 0 aliphatic rings. The summed E-state index contributed by atoms with van der Waals surface area (Å²) in [6.07, 6.45) is 2.15. The topological polar surface area (TPSA) is 29.3 Å². The first kappa shape index (κ1) is 13.7. The quantitative estimate of drug-likeness (QED) is 0.647. The highest BCUT2D eigenvalue weighted by molar-refractivity contribution is 5.95. The smallest absolute Gasteiger partial charge is 0.203 e. The molecular formula is C16H23N3. The van der Waals surface area contributed by atoms with Gasteiger partial charge in [0, 0.05) is 23.7 Å². The molecule has 0 aliphatic carbocycles. The summed E-state index contributed by atoms with van der Waals surface area (Å²) in [4.78, 5) is 4.72. The van der Waals surface area contributed by atoms with Gasteiger partial charge in [0.05, 0.1) is 5.52 Å². The lowest BCUT2D eigenvalue weighted by Crippen LogP contribution is -2.36. The van der Waals surface area contributed by atoms with E-state index in [1.165, 1.54) is 16.5 Å². The van der Waals surface area contributed by atoms with Gasteiger partial charge >= 0.3 is 0 Å². The molecule has 1 heterocycles. The van der Waals surface area contributed by atoms with Gasteiger partial charge in [-0.25, -0.2) is 4.99 Å². The molecule has 1 N–H and O–H groups in total. The molecule has 0 spiro atoms. The minimum atomic E-state index is 0.266. The Kier molecular flexibility index (Phi) is 3.93. The number of aromatic nitrogens is 1. The van der Waals surface area contributed by atoms with Gasteiger partial charge in [-0.05, 0) is 46.2 Å². The van der Waals surface area contributed by atoms with Crippen LogP contribution in [0.1, 0.15) is 33.3 Å². The number of fused-ring (bicyclic) bond motifs is 1. The number of rotatable bonds is 2. The lowest BCUT2D eigenvalue weighted by atomic mass is 10.2. The molecule has 3 heteroatoms. The summed E-state index contributed by atoms with van der Waals surface area (Å²) in [6.45, 7) is 10.6. The Morgan fingerprint density at radius 3 is 2.47 bits per heavy atom. The molecule has 0 aliphatic heterocycles. The highest BCUT2D eigenvalue weighted by Crippen LogP contribution is 2.20. The second kappa shape index (κ2) is 5.47. The minimum absolute atomic E-state index is 0.266. The number of para-hydroxylation sites is 1. The Morgan fingerprint density at radius 2 is 1.84 bits per heavy atom. The summed E-state index contributed by atoms with van der Waals surface area (Å²) in [7, 11) is 0. The first-order chi connectivity index (χ1) is 8.99. The molecule has 1 aromatic heterocycles. The van der Waals surface area contributed by atoms with Gasteiger partial charge in [-0.1, -0.05) is 18.2 Å². The fourth-order valence-electron chi connectivity index (χ4n) is 2.20. The van der Waals surface area contributed by atoms with Gasteiger partial charge in [-0.3, -0.25) is 4.57 Å². The Hall–Kier alpha value is -1.77. The van der Waals surface area contributed by atoms with Crippen molar-refractivity contribution in [3.8, 4) is 0 Å². The number of nitrogens with zero attached hydrogens (tertiary/aromatic N) is 2. The maximum atomic E-state index is 4.72. The van der Waals surface area contributed by atoms with Crippen molar-refractivity contribution in [3.63, 3.8) is 0 Å². The summed E-state index contributed by atoms with van der Waals surface area (Å²) in [5.74, 6) is 0.925. The lowest BCUT2D eigenvalue weighted by molar-refractivity contribution is 0.700. The van der Waals surface area contributed by atoms with E-state index < -0.39 is 0 Å². The summed E-state index contributed by atoms with van der Waals surface area (Å²) < 4.78 is 2.16. The van der Waals surface area contributed by atoms with Crippen LogP contribution in [0, 0.1) is 6.92 Å². The molecule has 1 aromatic carbocycles. The van der Waals surface area contributed by atoms with Crippen molar-refractivity contribution >= 4 is 16.9 Å². The summed E-state index contributed by atoms with van der Waals surface area (Å²) in [5, 5.41) is 4.73. The molecule has 0 fully saturated rings. The van der Waals surface area contributed by atoms with Crippen molar-refractivity contribution in [2.24, 2.45) is 4.99 Å². The first-order valence-electron chi connectivity index (χ1n) is 6.90. The molecule has 0 radical (unpaired) electrons. The molecule has 0 unspecified atom stereocenters. The van der Waals surface area contributed by atoms with Crippen molar-refractivity contribution in [2.75, 3.05) is 0 Å². The van der Waals surface area contributed by atoms with Crippen LogP contribution in [0.5, 0.6) is 0 Å². The largest absolute Gasteiger partial charge is 0.353 e. The zero-order chi connectivity index (χ0) is 14.0. The van der Waals surface area contributed by atoms with Crippen LogP contribution in [0.15, 0.2) is 35.5 Å². The van der Waals surface area contributed by atoms with E-state index in [1.807, 2.05) is 0 Å².